The molecule has 21 nitrogen and oxygen atoms in total. The van der Waals surface area contributed by atoms with Crippen LogP contribution < -0.4 is 69.7 Å². The van der Waals surface area contributed by atoms with Crippen molar-refractivity contribution in [1.82, 2.24) is 10.6 Å². The summed E-state index contributed by atoms with van der Waals surface area (Å²) in [6.07, 6.45) is 56.8. The summed E-state index contributed by atoms with van der Waals surface area (Å²) < 4.78 is 82.8. The van der Waals surface area contributed by atoms with Gasteiger partial charge in [-0.25, -0.2) is 13.9 Å². The number of phosphoric ester groups is 2. The topological polar surface area (TPSA) is 276 Å². The fourth-order valence-corrected chi connectivity index (χ4v) is 14.2. The number of nitrogens with one attached hydrogen (secondary N) is 2. The zero-order valence-electron chi connectivity index (χ0n) is 72.6. The van der Waals surface area contributed by atoms with Crippen LogP contribution in [-0.4, -0.2) is 130 Å². The fourth-order valence-electron chi connectivity index (χ4n) is 12.7. The Morgan fingerprint density at radius 3 is 0.731 bits per heavy atom. The third kappa shape index (κ3) is 80.5. The van der Waals surface area contributed by atoms with Gasteiger partial charge in [-0.3, -0.25) is 37.3 Å². The van der Waals surface area contributed by atoms with E-state index in [1.807, 2.05) is 0 Å². The van der Waals surface area contributed by atoms with Crippen LogP contribution in [0.25, 0.3) is 0 Å². The summed E-state index contributed by atoms with van der Waals surface area (Å²) in [5, 5.41) is 4.95. The Morgan fingerprint density at radius 2 is 0.491 bits per heavy atom. The van der Waals surface area contributed by atoms with Crippen molar-refractivity contribution in [3.05, 3.63) is 0 Å². The maximum Gasteiger partial charge on any atom is 1.00 e. The van der Waals surface area contributed by atoms with E-state index in [0.717, 1.165) is 141 Å². The molecule has 0 bridgehead atoms. The Bertz CT molecular complexity index is 1990. The second kappa shape index (κ2) is 84.2. The van der Waals surface area contributed by atoms with Gasteiger partial charge in [0.2, 0.25) is 0 Å². The van der Waals surface area contributed by atoms with Gasteiger partial charge < -0.3 is 51.7 Å². The van der Waals surface area contributed by atoms with Gasteiger partial charge in [-0.05, 0) is 51.4 Å². The molecule has 0 aliphatic carbocycles. The molecule has 0 aromatic heterocycles. The molecule has 0 spiro atoms. The molecule has 0 rings (SSSR count). The van der Waals surface area contributed by atoms with E-state index in [-0.39, 0.29) is 138 Å². The minimum absolute atomic E-state index is 0. The van der Waals surface area contributed by atoms with Crippen molar-refractivity contribution in [3.8, 4) is 0 Å². The molecule has 0 heterocycles. The molecule has 4 N–H and O–H groups in total. The minimum Gasteiger partial charge on any atom is -1.00 e. The zero-order chi connectivity index (χ0) is 77.8. The molecule has 25 heteroatoms. The Morgan fingerprint density at radius 1 is 0.278 bits per heavy atom. The van der Waals surface area contributed by atoms with E-state index in [9.17, 15) is 42.9 Å². The molecule has 0 saturated heterocycles. The smallest absolute Gasteiger partial charge is 1.00 e. The number of unbranched alkanes of at least 4 members (excludes halogenated alkanes) is 44. The Balaban J connectivity index is -0.00000919. The second-order valence-electron chi connectivity index (χ2n) is 29.7. The number of carbonyl (C=O) groups excluding carboxylic acids is 5. The third-order valence-corrected chi connectivity index (χ3v) is 21.3. The molecule has 0 saturated carbocycles. The number of rotatable bonds is 84. The summed E-state index contributed by atoms with van der Waals surface area (Å²) in [7, 11) is -9.49. The molecule has 108 heavy (non-hydrogen) atoms. The van der Waals surface area contributed by atoms with Gasteiger partial charge >= 0.3 is 105 Å². The van der Waals surface area contributed by atoms with Gasteiger partial charge in [-0.15, -0.1) is 0 Å². The number of hydrogen-bond donors (Lipinski definition) is 4. The molecule has 6 atom stereocenters. The van der Waals surface area contributed by atoms with Crippen molar-refractivity contribution >= 4 is 45.6 Å². The first-order valence-electron chi connectivity index (χ1n) is 43.7. The first-order chi connectivity index (χ1) is 51.5. The third-order valence-electron chi connectivity index (χ3n) is 19.3. The van der Waals surface area contributed by atoms with E-state index < -0.39 is 72.3 Å². The summed E-state index contributed by atoms with van der Waals surface area (Å²) in [6.45, 7) is 10.9. The number of carbonyl (C=O) groups is 5. The molecular formula is C83H164N2Na2O19P2. The van der Waals surface area contributed by atoms with Crippen molar-refractivity contribution < 1.29 is 151 Å². The predicted molar refractivity (Wildman–Crippen MR) is 430 cm³/mol. The summed E-state index contributed by atoms with van der Waals surface area (Å²) in [5.74, 6) is -1.38. The van der Waals surface area contributed by atoms with Crippen LogP contribution in [0.3, 0.4) is 0 Å². The van der Waals surface area contributed by atoms with Gasteiger partial charge in [0.05, 0.1) is 52.9 Å². The van der Waals surface area contributed by atoms with Crippen molar-refractivity contribution in [2.75, 3.05) is 65.9 Å². The molecule has 0 aromatic rings. The van der Waals surface area contributed by atoms with Gasteiger partial charge in [0.1, 0.15) is 24.4 Å². The average Bonchev–Trinajstić information content (AvgIpc) is 0.913. The monoisotopic (exact) mass is 1600 g/mol. The normalized spacial score (nSPS) is 13.6. The number of ether oxygens (including phenoxy) is 6. The quantitative estimate of drug-likeness (QED) is 0.0145. The molecule has 632 valence electrons. The largest absolute Gasteiger partial charge is 1.00 e. The summed E-state index contributed by atoms with van der Waals surface area (Å²) in [4.78, 5) is 86.5. The van der Waals surface area contributed by atoms with Crippen molar-refractivity contribution in [2.24, 2.45) is 0 Å². The Labute approximate surface area is 706 Å². The first-order valence-corrected chi connectivity index (χ1v) is 46.7. The number of esters is 4. The molecule has 0 aromatic carbocycles. The van der Waals surface area contributed by atoms with Crippen LogP contribution >= 0.6 is 15.6 Å². The van der Waals surface area contributed by atoms with Crippen molar-refractivity contribution in [3.63, 3.8) is 0 Å². The van der Waals surface area contributed by atoms with Gasteiger partial charge in [0.15, 0.2) is 0 Å². The number of amides is 2. The summed E-state index contributed by atoms with van der Waals surface area (Å²) in [6, 6.07) is -0.738. The fraction of sp³-hybridized carbons (Fsp3) is 0.940. The van der Waals surface area contributed by atoms with Gasteiger partial charge in [-0.1, -0.05) is 324 Å². The van der Waals surface area contributed by atoms with Crippen LogP contribution in [0.1, 0.15) is 417 Å². The molecule has 0 radical (unpaired) electrons. The predicted octanol–water partition coefficient (Wildman–Crippen LogP) is 17.2. The van der Waals surface area contributed by atoms with Crippen LogP contribution in [0, 0.1) is 0 Å². The van der Waals surface area contributed by atoms with Gasteiger partial charge in [-0.2, -0.15) is 0 Å². The van der Waals surface area contributed by atoms with Gasteiger partial charge in [0, 0.05) is 51.6 Å². The summed E-state index contributed by atoms with van der Waals surface area (Å²) >= 11 is 0. The van der Waals surface area contributed by atoms with Crippen LogP contribution in [0.4, 0.5) is 4.79 Å². The molecular weight excluding hydrogens is 1440 g/mol. The Kier molecular flexibility index (Phi) is 86.9. The summed E-state index contributed by atoms with van der Waals surface area (Å²) in [5.41, 5.74) is 0. The molecule has 2 unspecified atom stereocenters. The standard InChI is InChI=1S/C83H162N2O19P2.2Na.2H/c1-7-13-19-25-29-33-35-39-43-49-55-61-81(88)103-77(71-95-67-63-75(57-51-45-23-17-11-5)101-79(86)59-53-47-41-37-31-27-21-15-9-3)73-99-105(91,92)97-69-65-84-83(90)85-66-70-98-106(93,94)100-74-78(104-82(89)62-56-50-44-40-36-34-30-26-20-14-8-2)72-96-68-64-76(58-52-46-24-18-12-6)102-80(87)60-54-48-42-38-32-28-22-16-10-4;;;;/h75-78H,7-74H2,1-6H3,(H,91,92)(H,93,94)(H2,84,85,90);;;;/q;2*+1;2*-1/t75-,76-,77+,78+;;;;/m1..../s1. The molecule has 0 fully saturated rings. The number of urea groups is 1. The van der Waals surface area contributed by atoms with E-state index in [4.69, 9.17) is 46.5 Å². The van der Waals surface area contributed by atoms with Crippen LogP contribution in [-0.2, 0) is 74.8 Å². The average molecular weight is 1600 g/mol. The van der Waals surface area contributed by atoms with E-state index in [1.165, 1.54) is 167 Å². The Hall–Kier alpha value is -0.710. The minimum atomic E-state index is -4.75. The first kappa shape index (κ1) is 111. The van der Waals surface area contributed by atoms with Crippen LogP contribution in [0.5, 0.6) is 0 Å². The molecule has 0 aliphatic heterocycles. The van der Waals surface area contributed by atoms with E-state index in [1.54, 1.807) is 0 Å². The number of hydrogen-bond acceptors (Lipinski definition) is 17. The van der Waals surface area contributed by atoms with E-state index in [2.05, 4.69) is 52.2 Å². The second-order valence-corrected chi connectivity index (χ2v) is 32.6. The van der Waals surface area contributed by atoms with Crippen LogP contribution in [0.15, 0.2) is 0 Å². The van der Waals surface area contributed by atoms with Crippen molar-refractivity contribution in [1.29, 1.82) is 0 Å². The molecule has 0 aliphatic rings. The van der Waals surface area contributed by atoms with Crippen LogP contribution in [0.2, 0.25) is 0 Å². The SMILES string of the molecule is CCCCCCCCCCCCCC(=O)O[C@@H](COCC[C@@H](CCCCCCC)OC(=O)CCCCCCCCCCC)COP(=O)(O)OCCNC(=O)NCCOP(=O)(O)OC[C@H](COCC[C@@H](CCCCCCC)OC(=O)CCCCCCCCCCC)OC(=O)CCCCCCCCCCCCC.[H-].[H-].[Na+].[Na+]. The molecule has 2 amide bonds. The zero-order valence-corrected chi connectivity index (χ0v) is 76.4. The van der Waals surface area contributed by atoms with Crippen molar-refractivity contribution in [2.45, 2.75) is 438 Å². The van der Waals surface area contributed by atoms with E-state index in [0.29, 0.717) is 51.4 Å². The van der Waals surface area contributed by atoms with Gasteiger partial charge in [0.25, 0.3) is 0 Å². The number of phosphoric acid groups is 2. The maximum absolute atomic E-state index is 13.2. The maximum atomic E-state index is 13.2. The van der Waals surface area contributed by atoms with E-state index >= 15 is 0 Å².